The Balaban J connectivity index is 1.74. The predicted octanol–water partition coefficient (Wildman–Crippen LogP) is 1.50. The Morgan fingerprint density at radius 3 is 2.33 bits per heavy atom. The second-order valence-corrected chi connectivity index (χ2v) is 7.08. The van der Waals surface area contributed by atoms with Gasteiger partial charge in [0.25, 0.3) is 5.91 Å². The largest absolute Gasteiger partial charge is 0.352 e. The zero-order chi connectivity index (χ0) is 19.6. The Morgan fingerprint density at radius 2 is 1.74 bits per heavy atom. The summed E-state index contributed by atoms with van der Waals surface area (Å²) in [6.45, 7) is 0.757. The molecular formula is C20H31N5O2. The van der Waals surface area contributed by atoms with Gasteiger partial charge < -0.3 is 20.9 Å². The Bertz CT molecular complexity index is 649. The minimum Gasteiger partial charge on any atom is -0.352 e. The number of rotatable bonds is 6. The topological polar surface area (TPSA) is 85.8 Å². The van der Waals surface area contributed by atoms with Crippen LogP contribution in [0.2, 0.25) is 0 Å². The van der Waals surface area contributed by atoms with Crippen LogP contribution in [0, 0.1) is 0 Å². The number of carbonyl (C=O) groups excluding carboxylic acids is 2. The van der Waals surface area contributed by atoms with Crippen molar-refractivity contribution in [1.29, 1.82) is 0 Å². The molecule has 0 saturated heterocycles. The molecule has 1 aliphatic rings. The molecule has 0 bridgehead atoms. The zero-order valence-corrected chi connectivity index (χ0v) is 16.5. The minimum absolute atomic E-state index is 0.00333. The molecule has 2 rings (SSSR count). The van der Waals surface area contributed by atoms with Crippen molar-refractivity contribution in [2.24, 2.45) is 4.99 Å². The molecule has 7 nitrogen and oxygen atoms in total. The van der Waals surface area contributed by atoms with E-state index in [-0.39, 0.29) is 18.4 Å². The van der Waals surface area contributed by atoms with Gasteiger partial charge in [-0.3, -0.25) is 14.6 Å². The van der Waals surface area contributed by atoms with Gasteiger partial charge >= 0.3 is 0 Å². The number of nitrogens with zero attached hydrogens (tertiary/aromatic N) is 2. The Morgan fingerprint density at radius 1 is 1.07 bits per heavy atom. The maximum atomic E-state index is 12.1. The van der Waals surface area contributed by atoms with Crippen molar-refractivity contribution < 1.29 is 9.59 Å². The summed E-state index contributed by atoms with van der Waals surface area (Å²) in [4.78, 5) is 29.7. The molecule has 1 fully saturated rings. The van der Waals surface area contributed by atoms with Gasteiger partial charge in [0, 0.05) is 39.3 Å². The third-order valence-electron chi connectivity index (χ3n) is 4.68. The summed E-state index contributed by atoms with van der Waals surface area (Å²) in [7, 11) is 5.14. The van der Waals surface area contributed by atoms with E-state index in [9.17, 15) is 9.59 Å². The van der Waals surface area contributed by atoms with Gasteiger partial charge in [0.1, 0.15) is 0 Å². The van der Waals surface area contributed by atoms with Crippen LogP contribution in [0.1, 0.15) is 48.0 Å². The monoisotopic (exact) mass is 373 g/mol. The van der Waals surface area contributed by atoms with Crippen molar-refractivity contribution in [3.63, 3.8) is 0 Å². The van der Waals surface area contributed by atoms with Crippen LogP contribution in [0.15, 0.2) is 29.3 Å². The van der Waals surface area contributed by atoms with Gasteiger partial charge in [-0.1, -0.05) is 31.4 Å². The van der Waals surface area contributed by atoms with Crippen molar-refractivity contribution in [2.75, 3.05) is 27.7 Å². The van der Waals surface area contributed by atoms with Gasteiger partial charge in [-0.2, -0.15) is 0 Å². The van der Waals surface area contributed by atoms with Gasteiger partial charge in [0.15, 0.2) is 5.96 Å². The predicted molar refractivity (Wildman–Crippen MR) is 108 cm³/mol. The highest BCUT2D eigenvalue weighted by Gasteiger charge is 2.15. The molecule has 1 saturated carbocycles. The third kappa shape index (κ3) is 6.92. The first-order valence-electron chi connectivity index (χ1n) is 9.54. The molecule has 2 amide bonds. The lowest BCUT2D eigenvalue weighted by Gasteiger charge is -2.23. The van der Waals surface area contributed by atoms with Gasteiger partial charge in [0.2, 0.25) is 5.91 Å². The molecule has 0 heterocycles. The number of carbonyl (C=O) groups is 2. The molecular weight excluding hydrogens is 342 g/mol. The first-order valence-corrected chi connectivity index (χ1v) is 9.54. The number of guanidine groups is 1. The Labute approximate surface area is 161 Å². The highest BCUT2D eigenvalue weighted by molar-refractivity contribution is 5.93. The van der Waals surface area contributed by atoms with Gasteiger partial charge in [0.05, 0.1) is 6.54 Å². The van der Waals surface area contributed by atoms with Crippen LogP contribution in [0.25, 0.3) is 0 Å². The van der Waals surface area contributed by atoms with E-state index >= 15 is 0 Å². The Kier molecular flexibility index (Phi) is 8.10. The maximum Gasteiger partial charge on any atom is 0.253 e. The lowest BCUT2D eigenvalue weighted by molar-refractivity contribution is -0.120. The Hall–Kier alpha value is -2.57. The summed E-state index contributed by atoms with van der Waals surface area (Å²) in [6.07, 6.45) is 5.81. The van der Waals surface area contributed by atoms with E-state index < -0.39 is 0 Å². The molecule has 0 atom stereocenters. The van der Waals surface area contributed by atoms with Crippen molar-refractivity contribution in [1.82, 2.24) is 20.9 Å². The first-order chi connectivity index (χ1) is 13.0. The van der Waals surface area contributed by atoms with Gasteiger partial charge in [-0.15, -0.1) is 0 Å². The number of benzene rings is 1. The highest BCUT2D eigenvalue weighted by atomic mass is 16.2. The molecule has 1 aromatic carbocycles. The van der Waals surface area contributed by atoms with Gasteiger partial charge in [-0.05, 0) is 30.5 Å². The van der Waals surface area contributed by atoms with E-state index in [4.69, 9.17) is 0 Å². The van der Waals surface area contributed by atoms with Crippen LogP contribution < -0.4 is 16.0 Å². The molecule has 0 aliphatic heterocycles. The minimum atomic E-state index is -0.0176. The number of aliphatic imine (C=N–C) groups is 1. The van der Waals surface area contributed by atoms with Crippen molar-refractivity contribution in [2.45, 2.75) is 44.7 Å². The highest BCUT2D eigenvalue weighted by Crippen LogP contribution is 2.17. The lowest BCUT2D eigenvalue weighted by Crippen LogP contribution is -2.45. The lowest BCUT2D eigenvalue weighted by atomic mass is 9.95. The smallest absolute Gasteiger partial charge is 0.253 e. The van der Waals surface area contributed by atoms with E-state index in [2.05, 4.69) is 20.9 Å². The molecule has 1 aromatic rings. The average Bonchev–Trinajstić information content (AvgIpc) is 2.68. The van der Waals surface area contributed by atoms with Crippen molar-refractivity contribution >= 4 is 17.8 Å². The zero-order valence-electron chi connectivity index (χ0n) is 16.5. The number of amides is 2. The molecule has 3 N–H and O–H groups in total. The first kappa shape index (κ1) is 20.7. The van der Waals surface area contributed by atoms with E-state index in [0.29, 0.717) is 24.1 Å². The van der Waals surface area contributed by atoms with Gasteiger partial charge in [-0.25, -0.2) is 0 Å². The van der Waals surface area contributed by atoms with Crippen LogP contribution in [0.3, 0.4) is 0 Å². The molecule has 7 heteroatoms. The van der Waals surface area contributed by atoms with Crippen LogP contribution in [-0.4, -0.2) is 56.4 Å². The molecule has 0 aromatic heterocycles. The maximum absolute atomic E-state index is 12.1. The molecule has 1 aliphatic carbocycles. The SMILES string of the molecule is CN=C(NCC(=O)NC1CCCCC1)NCc1ccc(C(=O)N(C)C)cc1. The second kappa shape index (κ2) is 10.5. The van der Waals surface area contributed by atoms with E-state index in [1.807, 2.05) is 24.3 Å². The average molecular weight is 374 g/mol. The van der Waals surface area contributed by atoms with Crippen LogP contribution in [0.5, 0.6) is 0 Å². The summed E-state index contributed by atoms with van der Waals surface area (Å²) in [5, 5.41) is 9.30. The standard InChI is InChI=1S/C20H31N5O2/c1-21-20(23-14-18(26)24-17-7-5-4-6-8-17)22-13-15-9-11-16(12-10-15)19(27)25(2)3/h9-12,17H,4-8,13-14H2,1-3H3,(H,24,26)(H2,21,22,23). The summed E-state index contributed by atoms with van der Waals surface area (Å²) in [5.74, 6) is 0.551. The van der Waals surface area contributed by atoms with Crippen molar-refractivity contribution in [3.8, 4) is 0 Å². The van der Waals surface area contributed by atoms with Crippen LogP contribution in [0.4, 0.5) is 0 Å². The number of nitrogens with one attached hydrogen (secondary N) is 3. The summed E-state index contributed by atoms with van der Waals surface area (Å²) in [6, 6.07) is 7.76. The third-order valence-corrected chi connectivity index (χ3v) is 4.68. The quantitative estimate of drug-likeness (QED) is 0.521. The summed E-state index contributed by atoms with van der Waals surface area (Å²) >= 11 is 0. The van der Waals surface area contributed by atoms with Crippen LogP contribution in [-0.2, 0) is 11.3 Å². The van der Waals surface area contributed by atoms with E-state index in [1.54, 1.807) is 26.0 Å². The van der Waals surface area contributed by atoms with E-state index in [0.717, 1.165) is 18.4 Å². The fourth-order valence-corrected chi connectivity index (χ4v) is 3.12. The van der Waals surface area contributed by atoms with Crippen molar-refractivity contribution in [3.05, 3.63) is 35.4 Å². The van der Waals surface area contributed by atoms with Crippen LogP contribution >= 0.6 is 0 Å². The molecule has 148 valence electrons. The fourth-order valence-electron chi connectivity index (χ4n) is 3.12. The van der Waals surface area contributed by atoms with E-state index in [1.165, 1.54) is 19.3 Å². The number of hydrogen-bond donors (Lipinski definition) is 3. The molecule has 27 heavy (non-hydrogen) atoms. The number of hydrogen-bond acceptors (Lipinski definition) is 3. The second-order valence-electron chi connectivity index (χ2n) is 7.08. The molecule has 0 radical (unpaired) electrons. The summed E-state index contributed by atoms with van der Waals surface area (Å²) in [5.41, 5.74) is 1.69. The fraction of sp³-hybridized carbons (Fsp3) is 0.550. The normalized spacial score (nSPS) is 15.1. The molecule has 0 unspecified atom stereocenters. The molecule has 0 spiro atoms. The summed E-state index contributed by atoms with van der Waals surface area (Å²) < 4.78 is 0.